The number of hydrogen-bond acceptors (Lipinski definition) is 1. The predicted octanol–water partition coefficient (Wildman–Crippen LogP) is 2.45. The van der Waals surface area contributed by atoms with Gasteiger partial charge in [-0.3, -0.25) is 5.73 Å². The van der Waals surface area contributed by atoms with E-state index in [1.165, 1.54) is 45.9 Å². The second-order valence-corrected chi connectivity index (χ2v) is 6.89. The van der Waals surface area contributed by atoms with E-state index in [-0.39, 0.29) is 0 Å². The summed E-state index contributed by atoms with van der Waals surface area (Å²) in [6.07, 6.45) is 0. The maximum absolute atomic E-state index is 6.48. The van der Waals surface area contributed by atoms with Gasteiger partial charge in [-0.15, -0.1) is 0 Å². The minimum atomic E-state index is 0.793. The molecule has 25 heavy (non-hydrogen) atoms. The zero-order valence-corrected chi connectivity index (χ0v) is 14.0. The highest BCUT2D eigenvalue weighted by atomic mass is 15.3. The average Bonchev–Trinajstić information content (AvgIpc) is 3.46. The Bertz CT molecular complexity index is 1090. The smallest absolute Gasteiger partial charge is 0.280 e. The minimum Gasteiger partial charge on any atom is -0.322 e. The molecule has 1 aliphatic heterocycles. The molecule has 4 aromatic rings. The maximum Gasteiger partial charge on any atom is 0.280 e. The van der Waals surface area contributed by atoms with Gasteiger partial charge in [0.1, 0.15) is 30.7 Å². The van der Waals surface area contributed by atoms with E-state index in [0.29, 0.717) is 0 Å². The van der Waals surface area contributed by atoms with Crippen molar-refractivity contribution < 1.29 is 9.88 Å². The Kier molecular flexibility index (Phi) is 3.22. The SMILES string of the molecule is Nc1[nH+]c2ccccc2c(-c2cccc3ccccc23)c1C[NH+]1CC1. The van der Waals surface area contributed by atoms with E-state index in [4.69, 9.17) is 5.73 Å². The summed E-state index contributed by atoms with van der Waals surface area (Å²) in [5, 5.41) is 3.78. The number of hydrogen-bond donors (Lipinski definition) is 2. The van der Waals surface area contributed by atoms with E-state index in [2.05, 4.69) is 71.7 Å². The van der Waals surface area contributed by atoms with Gasteiger partial charge in [-0.2, -0.15) is 0 Å². The summed E-state index contributed by atoms with van der Waals surface area (Å²) in [5.41, 5.74) is 11.4. The number of H-pyrrole nitrogens is 1. The fourth-order valence-corrected chi connectivity index (χ4v) is 3.78. The molecule has 0 unspecified atom stereocenters. The van der Waals surface area contributed by atoms with E-state index < -0.39 is 0 Å². The number of fused-ring (bicyclic) bond motifs is 2. The summed E-state index contributed by atoms with van der Waals surface area (Å²) >= 11 is 0. The van der Waals surface area contributed by atoms with Crippen LogP contribution in [0.4, 0.5) is 5.82 Å². The monoisotopic (exact) mass is 327 g/mol. The highest BCUT2D eigenvalue weighted by Gasteiger charge is 2.29. The van der Waals surface area contributed by atoms with Crippen LogP contribution in [0.25, 0.3) is 32.8 Å². The zero-order valence-electron chi connectivity index (χ0n) is 14.0. The van der Waals surface area contributed by atoms with Crippen LogP contribution in [-0.4, -0.2) is 13.1 Å². The number of aromatic amines is 1. The molecule has 1 saturated heterocycles. The molecule has 1 aromatic heterocycles. The number of pyridine rings is 1. The van der Waals surface area contributed by atoms with Crippen LogP contribution in [0.15, 0.2) is 66.7 Å². The molecule has 0 saturated carbocycles. The molecule has 0 bridgehead atoms. The summed E-state index contributed by atoms with van der Waals surface area (Å²) in [4.78, 5) is 5.01. The Balaban J connectivity index is 1.89. The van der Waals surface area contributed by atoms with E-state index >= 15 is 0 Å². The molecule has 1 aliphatic rings. The fraction of sp³-hybridized carbons (Fsp3) is 0.136. The number of quaternary nitrogens is 1. The number of nitrogens with two attached hydrogens (primary N) is 1. The molecule has 0 atom stereocenters. The first-order valence-electron chi connectivity index (χ1n) is 8.85. The van der Waals surface area contributed by atoms with Gasteiger partial charge in [0.25, 0.3) is 5.82 Å². The summed E-state index contributed by atoms with van der Waals surface area (Å²) in [7, 11) is 0. The van der Waals surface area contributed by atoms with Crippen molar-refractivity contribution in [3.05, 3.63) is 72.3 Å². The normalized spacial score (nSPS) is 14.2. The number of para-hydroxylation sites is 1. The van der Waals surface area contributed by atoms with Crippen molar-refractivity contribution in [2.75, 3.05) is 18.8 Å². The Labute approximate surface area is 146 Å². The molecule has 3 nitrogen and oxygen atoms in total. The predicted molar refractivity (Wildman–Crippen MR) is 102 cm³/mol. The topological polar surface area (TPSA) is 44.6 Å². The van der Waals surface area contributed by atoms with E-state index in [9.17, 15) is 0 Å². The van der Waals surface area contributed by atoms with Crippen LogP contribution in [0.5, 0.6) is 0 Å². The summed E-state index contributed by atoms with van der Waals surface area (Å²) in [6.45, 7) is 3.45. The lowest BCUT2D eigenvalue weighted by atomic mass is 9.91. The van der Waals surface area contributed by atoms with Gasteiger partial charge >= 0.3 is 0 Å². The lowest BCUT2D eigenvalue weighted by Crippen LogP contribution is -2.90. The largest absolute Gasteiger partial charge is 0.322 e. The van der Waals surface area contributed by atoms with Crippen molar-refractivity contribution >= 4 is 27.5 Å². The van der Waals surface area contributed by atoms with E-state index in [1.807, 2.05) is 0 Å². The van der Waals surface area contributed by atoms with E-state index in [1.54, 1.807) is 4.90 Å². The van der Waals surface area contributed by atoms with Crippen molar-refractivity contribution in [3.63, 3.8) is 0 Å². The molecule has 0 radical (unpaired) electrons. The summed E-state index contributed by atoms with van der Waals surface area (Å²) in [5.74, 6) is 0.793. The van der Waals surface area contributed by atoms with Crippen LogP contribution in [0.1, 0.15) is 5.56 Å². The number of benzene rings is 3. The Morgan fingerprint density at radius 2 is 1.56 bits per heavy atom. The zero-order chi connectivity index (χ0) is 16.8. The van der Waals surface area contributed by atoms with Crippen molar-refractivity contribution in [2.24, 2.45) is 0 Å². The van der Waals surface area contributed by atoms with Gasteiger partial charge in [0.05, 0.1) is 0 Å². The third-order valence-corrected chi connectivity index (χ3v) is 5.18. The van der Waals surface area contributed by atoms with Gasteiger partial charge in [-0.1, -0.05) is 60.7 Å². The van der Waals surface area contributed by atoms with Crippen LogP contribution >= 0.6 is 0 Å². The third kappa shape index (κ3) is 2.44. The second-order valence-electron chi connectivity index (χ2n) is 6.89. The third-order valence-electron chi connectivity index (χ3n) is 5.18. The Morgan fingerprint density at radius 1 is 0.840 bits per heavy atom. The van der Waals surface area contributed by atoms with Gasteiger partial charge in [0.2, 0.25) is 0 Å². The lowest BCUT2D eigenvalue weighted by molar-refractivity contribution is -0.774. The molecule has 1 fully saturated rings. The Hall–Kier alpha value is -2.91. The summed E-state index contributed by atoms with van der Waals surface area (Å²) in [6, 6.07) is 23.6. The number of anilines is 1. The molecule has 5 rings (SSSR count). The molecular formula is C22H21N3+2. The second kappa shape index (κ2) is 5.57. The van der Waals surface area contributed by atoms with Gasteiger partial charge < -0.3 is 4.90 Å². The molecule has 2 heterocycles. The first-order chi connectivity index (χ1) is 12.3. The van der Waals surface area contributed by atoms with Crippen molar-refractivity contribution in [3.8, 4) is 11.1 Å². The molecule has 0 aliphatic carbocycles. The standard InChI is InChI=1S/C22H19N3/c23-22-19(14-25-12-13-25)21(18-9-3-4-11-20(18)24-22)17-10-5-7-15-6-1-2-8-16(15)17/h1-11H,12-14H2,(H2,23,24)/p+2. The van der Waals surface area contributed by atoms with E-state index in [0.717, 1.165) is 17.9 Å². The van der Waals surface area contributed by atoms with Gasteiger partial charge in [-0.05, 0) is 22.4 Å². The molecule has 4 N–H and O–H groups in total. The van der Waals surface area contributed by atoms with Crippen LogP contribution in [-0.2, 0) is 6.54 Å². The summed E-state index contributed by atoms with van der Waals surface area (Å²) < 4.78 is 0. The first kappa shape index (κ1) is 14.4. The van der Waals surface area contributed by atoms with Crippen LogP contribution in [0.2, 0.25) is 0 Å². The molecule has 0 amide bonds. The van der Waals surface area contributed by atoms with Crippen molar-refractivity contribution in [2.45, 2.75) is 6.54 Å². The molecule has 0 spiro atoms. The van der Waals surface area contributed by atoms with Gasteiger partial charge in [0, 0.05) is 10.9 Å². The first-order valence-corrected chi connectivity index (χ1v) is 8.85. The maximum atomic E-state index is 6.48. The number of nitrogens with one attached hydrogen (secondary N) is 2. The highest BCUT2D eigenvalue weighted by Crippen LogP contribution is 2.36. The lowest BCUT2D eigenvalue weighted by Gasteiger charge is -2.14. The quantitative estimate of drug-likeness (QED) is 0.558. The molecule has 3 aromatic carbocycles. The molecular weight excluding hydrogens is 306 g/mol. The minimum absolute atomic E-state index is 0.793. The van der Waals surface area contributed by atoms with Crippen LogP contribution in [0, 0.1) is 0 Å². The van der Waals surface area contributed by atoms with Gasteiger partial charge in [-0.25, -0.2) is 4.98 Å². The van der Waals surface area contributed by atoms with Crippen LogP contribution < -0.4 is 15.6 Å². The molecule has 3 heteroatoms. The Morgan fingerprint density at radius 3 is 2.40 bits per heavy atom. The van der Waals surface area contributed by atoms with Gasteiger partial charge in [0.15, 0.2) is 0 Å². The van der Waals surface area contributed by atoms with Crippen LogP contribution in [0.3, 0.4) is 0 Å². The highest BCUT2D eigenvalue weighted by molar-refractivity contribution is 6.05. The molecule has 122 valence electrons. The number of nitrogen functional groups attached to an aromatic ring is 1. The fourth-order valence-electron chi connectivity index (χ4n) is 3.78. The van der Waals surface area contributed by atoms with Crippen molar-refractivity contribution in [1.29, 1.82) is 0 Å². The number of aromatic nitrogens is 1. The number of rotatable bonds is 3. The average molecular weight is 327 g/mol. The van der Waals surface area contributed by atoms with Crippen molar-refractivity contribution in [1.82, 2.24) is 0 Å².